The summed E-state index contributed by atoms with van der Waals surface area (Å²) in [6, 6.07) is 6.93. The number of hydrogen-bond acceptors (Lipinski definition) is 2. The standard InChI is InChI=1S/C11H14INO/c1-8-2-3-9(12)6-10(8)11-7-14-5-4-13-11/h2-3,6,11,13H,4-5,7H2,1H3/t11-/m0/s1. The van der Waals surface area contributed by atoms with Crippen LogP contribution in [0.2, 0.25) is 0 Å². The molecule has 1 aliphatic heterocycles. The van der Waals surface area contributed by atoms with E-state index in [9.17, 15) is 0 Å². The number of halogens is 1. The molecule has 2 rings (SSSR count). The molecule has 14 heavy (non-hydrogen) atoms. The van der Waals surface area contributed by atoms with Crippen LogP contribution in [-0.2, 0) is 4.74 Å². The van der Waals surface area contributed by atoms with Gasteiger partial charge in [0.25, 0.3) is 0 Å². The maximum atomic E-state index is 5.47. The Hall–Kier alpha value is -0.130. The molecule has 1 fully saturated rings. The molecule has 0 amide bonds. The van der Waals surface area contributed by atoms with Gasteiger partial charge in [-0.15, -0.1) is 0 Å². The monoisotopic (exact) mass is 303 g/mol. The molecule has 1 aliphatic rings. The van der Waals surface area contributed by atoms with Crippen molar-refractivity contribution < 1.29 is 4.74 Å². The molecule has 1 N–H and O–H groups in total. The van der Waals surface area contributed by atoms with Crippen molar-refractivity contribution in [2.45, 2.75) is 13.0 Å². The molecule has 2 nitrogen and oxygen atoms in total. The smallest absolute Gasteiger partial charge is 0.0662 e. The van der Waals surface area contributed by atoms with Crippen LogP contribution in [0, 0.1) is 10.5 Å². The molecule has 76 valence electrons. The topological polar surface area (TPSA) is 21.3 Å². The lowest BCUT2D eigenvalue weighted by Gasteiger charge is -2.25. The highest BCUT2D eigenvalue weighted by molar-refractivity contribution is 14.1. The van der Waals surface area contributed by atoms with Crippen molar-refractivity contribution in [3.05, 3.63) is 32.9 Å². The van der Waals surface area contributed by atoms with E-state index in [1.807, 2.05) is 0 Å². The summed E-state index contributed by atoms with van der Waals surface area (Å²) >= 11 is 2.35. The highest BCUT2D eigenvalue weighted by Crippen LogP contribution is 2.21. The summed E-state index contributed by atoms with van der Waals surface area (Å²) in [4.78, 5) is 0. The van der Waals surface area contributed by atoms with Gasteiger partial charge in [0, 0.05) is 10.1 Å². The zero-order valence-electron chi connectivity index (χ0n) is 8.22. The maximum absolute atomic E-state index is 5.47. The highest BCUT2D eigenvalue weighted by atomic mass is 127. The van der Waals surface area contributed by atoms with E-state index >= 15 is 0 Å². The molecule has 0 radical (unpaired) electrons. The van der Waals surface area contributed by atoms with Crippen molar-refractivity contribution in [3.63, 3.8) is 0 Å². The van der Waals surface area contributed by atoms with Crippen LogP contribution in [0.4, 0.5) is 0 Å². The molecule has 0 saturated carbocycles. The largest absolute Gasteiger partial charge is 0.378 e. The number of benzene rings is 1. The fourth-order valence-electron chi connectivity index (χ4n) is 1.75. The van der Waals surface area contributed by atoms with Crippen LogP contribution in [0.5, 0.6) is 0 Å². The Morgan fingerprint density at radius 3 is 3.07 bits per heavy atom. The molecule has 1 atom stereocenters. The average Bonchev–Trinajstić information content (AvgIpc) is 2.23. The molecule has 3 heteroatoms. The Morgan fingerprint density at radius 1 is 1.50 bits per heavy atom. The van der Waals surface area contributed by atoms with Crippen molar-refractivity contribution in [1.29, 1.82) is 0 Å². The van der Waals surface area contributed by atoms with Crippen molar-refractivity contribution in [1.82, 2.24) is 5.32 Å². The predicted octanol–water partition coefficient (Wildman–Crippen LogP) is 2.26. The lowest BCUT2D eigenvalue weighted by molar-refractivity contribution is 0.0767. The zero-order chi connectivity index (χ0) is 9.97. The summed E-state index contributed by atoms with van der Waals surface area (Å²) in [6.45, 7) is 4.73. The Labute approximate surface area is 98.2 Å². The summed E-state index contributed by atoms with van der Waals surface area (Å²) in [5.41, 5.74) is 2.71. The third-order valence-electron chi connectivity index (χ3n) is 2.54. The predicted molar refractivity (Wildman–Crippen MR) is 65.5 cm³/mol. The Kier molecular flexibility index (Phi) is 3.41. The van der Waals surface area contributed by atoms with Gasteiger partial charge in [-0.2, -0.15) is 0 Å². The van der Waals surface area contributed by atoms with E-state index in [2.05, 4.69) is 53.0 Å². The summed E-state index contributed by atoms with van der Waals surface area (Å²) < 4.78 is 6.75. The molecule has 0 bridgehead atoms. The van der Waals surface area contributed by atoms with Crippen LogP contribution >= 0.6 is 22.6 Å². The second-order valence-corrected chi connectivity index (χ2v) is 4.83. The van der Waals surface area contributed by atoms with Gasteiger partial charge in [0.1, 0.15) is 0 Å². The molecule has 1 saturated heterocycles. The molecular weight excluding hydrogens is 289 g/mol. The fourth-order valence-corrected chi connectivity index (χ4v) is 2.27. The number of hydrogen-bond donors (Lipinski definition) is 1. The maximum Gasteiger partial charge on any atom is 0.0662 e. The SMILES string of the molecule is Cc1ccc(I)cc1[C@@H]1COCCN1. The first kappa shape index (κ1) is 10.4. The van der Waals surface area contributed by atoms with E-state index in [-0.39, 0.29) is 0 Å². The minimum Gasteiger partial charge on any atom is -0.378 e. The first-order valence-electron chi connectivity index (χ1n) is 4.84. The van der Waals surface area contributed by atoms with E-state index in [1.54, 1.807) is 0 Å². The second kappa shape index (κ2) is 4.59. The van der Waals surface area contributed by atoms with Gasteiger partial charge in [0.05, 0.1) is 19.3 Å². The van der Waals surface area contributed by atoms with Gasteiger partial charge in [-0.3, -0.25) is 0 Å². The first-order chi connectivity index (χ1) is 6.77. The third kappa shape index (κ3) is 2.27. The van der Waals surface area contributed by atoms with E-state index in [1.165, 1.54) is 14.7 Å². The molecule has 0 spiro atoms. The van der Waals surface area contributed by atoms with E-state index in [0.29, 0.717) is 6.04 Å². The number of ether oxygens (including phenoxy) is 1. The average molecular weight is 303 g/mol. The lowest BCUT2D eigenvalue weighted by atomic mass is 10.0. The van der Waals surface area contributed by atoms with Gasteiger partial charge < -0.3 is 10.1 Å². The fraction of sp³-hybridized carbons (Fsp3) is 0.455. The van der Waals surface area contributed by atoms with Crippen molar-refractivity contribution in [3.8, 4) is 0 Å². The third-order valence-corrected chi connectivity index (χ3v) is 3.21. The molecule has 0 aliphatic carbocycles. The molecular formula is C11H14INO. The van der Waals surface area contributed by atoms with Gasteiger partial charge in [-0.05, 0) is 52.8 Å². The lowest BCUT2D eigenvalue weighted by Crippen LogP contribution is -2.34. The van der Waals surface area contributed by atoms with E-state index in [0.717, 1.165) is 19.8 Å². The summed E-state index contributed by atoms with van der Waals surface area (Å²) in [5, 5.41) is 3.48. The molecule has 1 aromatic carbocycles. The van der Waals surface area contributed by atoms with Crippen molar-refractivity contribution >= 4 is 22.6 Å². The van der Waals surface area contributed by atoms with Crippen molar-refractivity contribution in [2.75, 3.05) is 19.8 Å². The van der Waals surface area contributed by atoms with Crippen LogP contribution in [-0.4, -0.2) is 19.8 Å². The van der Waals surface area contributed by atoms with Gasteiger partial charge >= 0.3 is 0 Å². The van der Waals surface area contributed by atoms with E-state index < -0.39 is 0 Å². The van der Waals surface area contributed by atoms with Gasteiger partial charge in [-0.25, -0.2) is 0 Å². The van der Waals surface area contributed by atoms with Gasteiger partial charge in [0.2, 0.25) is 0 Å². The van der Waals surface area contributed by atoms with Gasteiger partial charge in [0.15, 0.2) is 0 Å². The van der Waals surface area contributed by atoms with Gasteiger partial charge in [-0.1, -0.05) is 6.07 Å². The number of rotatable bonds is 1. The van der Waals surface area contributed by atoms with Crippen molar-refractivity contribution in [2.24, 2.45) is 0 Å². The van der Waals surface area contributed by atoms with Crippen LogP contribution in [0.3, 0.4) is 0 Å². The minimum absolute atomic E-state index is 0.374. The summed E-state index contributed by atoms with van der Waals surface area (Å²) in [6.07, 6.45) is 0. The summed E-state index contributed by atoms with van der Waals surface area (Å²) in [5.74, 6) is 0. The Morgan fingerprint density at radius 2 is 2.36 bits per heavy atom. The zero-order valence-corrected chi connectivity index (χ0v) is 10.4. The number of morpholine rings is 1. The molecule has 0 unspecified atom stereocenters. The second-order valence-electron chi connectivity index (χ2n) is 3.58. The number of aryl methyl sites for hydroxylation is 1. The molecule has 1 aromatic rings. The molecule has 0 aromatic heterocycles. The van der Waals surface area contributed by atoms with Crippen LogP contribution < -0.4 is 5.32 Å². The van der Waals surface area contributed by atoms with Crippen LogP contribution in [0.25, 0.3) is 0 Å². The summed E-state index contributed by atoms with van der Waals surface area (Å²) in [7, 11) is 0. The minimum atomic E-state index is 0.374. The highest BCUT2D eigenvalue weighted by Gasteiger charge is 2.16. The Balaban J connectivity index is 2.24. The normalized spacial score (nSPS) is 22.3. The number of nitrogens with one attached hydrogen (secondary N) is 1. The van der Waals surface area contributed by atoms with E-state index in [4.69, 9.17) is 4.74 Å². The quantitative estimate of drug-likeness (QED) is 0.804. The van der Waals surface area contributed by atoms with Crippen LogP contribution in [0.15, 0.2) is 18.2 Å². The molecule has 1 heterocycles. The van der Waals surface area contributed by atoms with Crippen LogP contribution in [0.1, 0.15) is 17.2 Å². The first-order valence-corrected chi connectivity index (χ1v) is 5.92. The Bertz CT molecular complexity index is 321.